The maximum absolute atomic E-state index is 9.22. The summed E-state index contributed by atoms with van der Waals surface area (Å²) in [5.41, 5.74) is 0. The molecular formula is C27H59NO4S. The van der Waals surface area contributed by atoms with E-state index in [1.807, 2.05) is 0 Å². The summed E-state index contributed by atoms with van der Waals surface area (Å²) in [6, 6.07) is 0. The van der Waals surface area contributed by atoms with Gasteiger partial charge < -0.3 is 9.04 Å². The monoisotopic (exact) mass is 493 g/mol. The van der Waals surface area contributed by atoms with Crippen molar-refractivity contribution < 1.29 is 21.6 Å². The van der Waals surface area contributed by atoms with Crippen LogP contribution < -0.4 is 0 Å². The van der Waals surface area contributed by atoms with Crippen molar-refractivity contribution in [1.29, 1.82) is 0 Å². The molecule has 6 heteroatoms. The smallest absolute Gasteiger partial charge is 0.217 e. The zero-order valence-corrected chi connectivity index (χ0v) is 23.9. The van der Waals surface area contributed by atoms with Gasteiger partial charge in [0, 0.05) is 0 Å². The minimum Gasteiger partial charge on any atom is -0.726 e. The molecule has 0 saturated heterocycles. The number of rotatable bonds is 23. The summed E-state index contributed by atoms with van der Waals surface area (Å²) >= 11 is 0. The number of hydrogen-bond donors (Lipinski definition) is 0. The molecule has 0 unspecified atom stereocenters. The topological polar surface area (TPSA) is 66.4 Å². The van der Waals surface area contributed by atoms with Crippen LogP contribution in [-0.4, -0.2) is 51.7 Å². The van der Waals surface area contributed by atoms with Gasteiger partial charge in [0.05, 0.1) is 34.3 Å². The molecule has 0 aliphatic heterocycles. The molecule has 33 heavy (non-hydrogen) atoms. The highest BCUT2D eigenvalue weighted by atomic mass is 32.3. The summed E-state index contributed by atoms with van der Waals surface area (Å²) in [7, 11) is 1.29. The Bertz CT molecular complexity index is 455. The number of quaternary nitrogens is 1. The van der Waals surface area contributed by atoms with Crippen molar-refractivity contribution in [2.75, 3.05) is 34.3 Å². The molecule has 0 aromatic rings. The van der Waals surface area contributed by atoms with Crippen LogP contribution in [0.15, 0.2) is 0 Å². The first-order valence-corrected chi connectivity index (χ1v) is 15.3. The minimum absolute atomic E-state index is 0.808. The molecule has 0 radical (unpaired) electrons. The first-order chi connectivity index (χ1) is 15.7. The lowest BCUT2D eigenvalue weighted by atomic mass is 10.1. The molecule has 5 nitrogen and oxygen atoms in total. The molecule has 0 saturated carbocycles. The van der Waals surface area contributed by atoms with Crippen LogP contribution in [-0.2, 0) is 14.6 Å². The Labute approximate surface area is 208 Å². The molecule has 0 fully saturated rings. The Hall–Kier alpha value is -0.170. The van der Waals surface area contributed by atoms with Crippen molar-refractivity contribution in [3.05, 3.63) is 0 Å². The van der Waals surface area contributed by atoms with E-state index in [1.165, 1.54) is 146 Å². The zero-order chi connectivity index (χ0) is 25.3. The molecule has 0 amide bonds. The predicted octanol–water partition coefficient (Wildman–Crippen LogP) is 8.00. The van der Waals surface area contributed by atoms with Gasteiger partial charge >= 0.3 is 0 Å². The normalized spacial score (nSPS) is 11.9. The summed E-state index contributed by atoms with van der Waals surface area (Å²) in [6.07, 6.45) is 29.0. The lowest BCUT2D eigenvalue weighted by molar-refractivity contribution is -0.890. The second-order valence-corrected chi connectivity index (χ2v) is 11.5. The Balaban J connectivity index is 0. The predicted molar refractivity (Wildman–Crippen MR) is 142 cm³/mol. The van der Waals surface area contributed by atoms with Crippen LogP contribution in [0.2, 0.25) is 0 Å². The van der Waals surface area contributed by atoms with Gasteiger partial charge in [0.1, 0.15) is 0 Å². The lowest BCUT2D eigenvalue weighted by Crippen LogP contribution is -2.41. The fourth-order valence-electron chi connectivity index (χ4n) is 4.17. The SMILES string of the molecule is CCCCCCCCCCCC[N+](C)(C)CCCCCCCCCCCC.COS(=O)(=O)[O-]. The first-order valence-electron chi connectivity index (χ1n) is 14.0. The van der Waals surface area contributed by atoms with E-state index >= 15 is 0 Å². The summed E-state index contributed by atoms with van der Waals surface area (Å²) in [6.45, 7) is 7.37. The molecule has 0 atom stereocenters. The zero-order valence-electron chi connectivity index (χ0n) is 23.0. The van der Waals surface area contributed by atoms with Crippen LogP contribution in [0.5, 0.6) is 0 Å². The number of hydrogen-bond acceptors (Lipinski definition) is 4. The molecule has 0 rings (SSSR count). The highest BCUT2D eigenvalue weighted by molar-refractivity contribution is 7.80. The van der Waals surface area contributed by atoms with Crippen LogP contribution in [0.4, 0.5) is 0 Å². The molecular weight excluding hydrogens is 434 g/mol. The molecule has 0 heterocycles. The van der Waals surface area contributed by atoms with Gasteiger partial charge in [-0.1, -0.05) is 117 Å². The number of nitrogens with zero attached hydrogens (tertiary/aromatic N) is 1. The molecule has 0 bridgehead atoms. The quantitative estimate of drug-likeness (QED) is 0.0626. The van der Waals surface area contributed by atoms with Crippen LogP contribution in [0, 0.1) is 0 Å². The van der Waals surface area contributed by atoms with Gasteiger partial charge in [-0.15, -0.1) is 0 Å². The average molecular weight is 494 g/mol. The second kappa shape index (κ2) is 24.9. The van der Waals surface area contributed by atoms with Gasteiger partial charge in [0.2, 0.25) is 10.4 Å². The summed E-state index contributed by atoms with van der Waals surface area (Å²) < 4.78 is 32.3. The van der Waals surface area contributed by atoms with Gasteiger partial charge in [-0.2, -0.15) is 0 Å². The third kappa shape index (κ3) is 34.1. The van der Waals surface area contributed by atoms with Crippen molar-refractivity contribution in [2.45, 2.75) is 142 Å². The van der Waals surface area contributed by atoms with Crippen molar-refractivity contribution in [1.82, 2.24) is 0 Å². The van der Waals surface area contributed by atoms with Crippen LogP contribution in [0.3, 0.4) is 0 Å². The van der Waals surface area contributed by atoms with Crippen molar-refractivity contribution in [2.24, 2.45) is 0 Å². The van der Waals surface area contributed by atoms with E-state index in [9.17, 15) is 13.0 Å². The Kier molecular flexibility index (Phi) is 26.4. The van der Waals surface area contributed by atoms with Gasteiger partial charge in [-0.05, 0) is 25.7 Å². The van der Waals surface area contributed by atoms with Crippen molar-refractivity contribution >= 4 is 10.4 Å². The van der Waals surface area contributed by atoms with Crippen LogP contribution in [0.25, 0.3) is 0 Å². The van der Waals surface area contributed by atoms with Gasteiger partial charge in [0.25, 0.3) is 0 Å². The molecule has 0 aromatic carbocycles. The van der Waals surface area contributed by atoms with Crippen LogP contribution in [0.1, 0.15) is 142 Å². The van der Waals surface area contributed by atoms with Gasteiger partial charge in [-0.3, -0.25) is 4.18 Å². The summed E-state index contributed by atoms with van der Waals surface area (Å²) in [5, 5.41) is 0. The Morgan fingerprint density at radius 3 is 0.970 bits per heavy atom. The van der Waals surface area contributed by atoms with E-state index < -0.39 is 10.4 Å². The highest BCUT2D eigenvalue weighted by Gasteiger charge is 2.13. The fraction of sp³-hybridized carbons (Fsp3) is 1.00. The van der Waals surface area contributed by atoms with Crippen molar-refractivity contribution in [3.8, 4) is 0 Å². The van der Waals surface area contributed by atoms with E-state index in [1.54, 1.807) is 0 Å². The largest absolute Gasteiger partial charge is 0.726 e. The van der Waals surface area contributed by atoms with Crippen molar-refractivity contribution in [3.63, 3.8) is 0 Å². The van der Waals surface area contributed by atoms with Gasteiger partial charge in [0.15, 0.2) is 0 Å². The third-order valence-electron chi connectivity index (χ3n) is 6.44. The lowest BCUT2D eigenvalue weighted by Gasteiger charge is -2.30. The second-order valence-electron chi connectivity index (χ2n) is 10.3. The Morgan fingerprint density at radius 1 is 0.545 bits per heavy atom. The standard InChI is InChI=1S/C26H56N.CH4O4S/c1-5-7-9-11-13-15-17-19-21-23-25-27(3,4)26-24-22-20-18-16-14-12-10-8-6-2;1-5-6(2,3)4/h5-26H2,1-4H3;1H3,(H,2,3,4)/q+1;/p-1. The van der Waals surface area contributed by atoms with Crippen LogP contribution >= 0.6 is 0 Å². The molecule has 0 N–H and O–H groups in total. The van der Waals surface area contributed by atoms with E-state index in [4.69, 9.17) is 0 Å². The fourth-order valence-corrected chi connectivity index (χ4v) is 4.17. The highest BCUT2D eigenvalue weighted by Crippen LogP contribution is 2.14. The van der Waals surface area contributed by atoms with Gasteiger partial charge in [-0.25, -0.2) is 8.42 Å². The van der Waals surface area contributed by atoms with E-state index in [0.717, 1.165) is 7.11 Å². The molecule has 202 valence electrons. The maximum atomic E-state index is 9.22. The number of unbranched alkanes of at least 4 members (excludes halogenated alkanes) is 18. The van der Waals surface area contributed by atoms with E-state index in [0.29, 0.717) is 0 Å². The molecule has 0 aromatic heterocycles. The summed E-state index contributed by atoms with van der Waals surface area (Å²) in [4.78, 5) is 0. The first kappa shape index (κ1) is 35.0. The molecule has 0 spiro atoms. The summed E-state index contributed by atoms with van der Waals surface area (Å²) in [5.74, 6) is 0. The third-order valence-corrected chi connectivity index (χ3v) is 6.85. The molecule has 0 aliphatic carbocycles. The maximum Gasteiger partial charge on any atom is 0.217 e. The Morgan fingerprint density at radius 2 is 0.758 bits per heavy atom. The average Bonchev–Trinajstić information content (AvgIpc) is 2.76. The van der Waals surface area contributed by atoms with E-state index in [-0.39, 0.29) is 0 Å². The minimum atomic E-state index is -4.41. The molecule has 0 aliphatic rings. The van der Waals surface area contributed by atoms with E-state index in [2.05, 4.69) is 32.1 Å².